The second-order valence-electron chi connectivity index (χ2n) is 7.62. The molecular formula is C19H20N6O8S2. The highest BCUT2D eigenvalue weighted by molar-refractivity contribution is 8.00. The number of hydrogen-bond acceptors (Lipinski definition) is 13. The van der Waals surface area contributed by atoms with Crippen LogP contribution in [0.5, 0.6) is 0 Å². The summed E-state index contributed by atoms with van der Waals surface area (Å²) in [6.45, 7) is 0.239. The fourth-order valence-electron chi connectivity index (χ4n) is 3.24. The number of oxime groups is 1. The Morgan fingerprint density at radius 1 is 1.43 bits per heavy atom. The number of anilines is 1. The summed E-state index contributed by atoms with van der Waals surface area (Å²) in [5.74, 6) is -1.81. The third-order valence-electron chi connectivity index (χ3n) is 4.96. The fraction of sp³-hybridized carbons (Fsp3) is 0.474. The average Bonchev–Trinajstić information content (AvgIpc) is 3.23. The van der Waals surface area contributed by atoms with E-state index in [1.165, 1.54) is 11.8 Å². The number of carboxylic acid groups (broad SMARTS) is 1. The molecule has 0 radical (unpaired) electrons. The molecular weight excluding hydrogens is 504 g/mol. The monoisotopic (exact) mass is 524 g/mol. The van der Waals surface area contributed by atoms with Crippen LogP contribution in [0.2, 0.25) is 0 Å². The lowest BCUT2D eigenvalue weighted by atomic mass is 9.88. The number of nitrogens with one attached hydrogen (secondary N) is 1. The Bertz CT molecular complexity index is 1130. The van der Waals surface area contributed by atoms with Crippen molar-refractivity contribution in [3.05, 3.63) is 5.82 Å². The van der Waals surface area contributed by atoms with Crippen molar-refractivity contribution in [1.29, 1.82) is 0 Å². The van der Waals surface area contributed by atoms with E-state index in [1.54, 1.807) is 0 Å². The molecule has 2 unspecified atom stereocenters. The number of esters is 1. The Kier molecular flexibility index (Phi) is 7.92. The smallest absolute Gasteiger partial charge is 0.315 e. The van der Waals surface area contributed by atoms with Crippen LogP contribution in [0, 0.1) is 17.8 Å². The lowest BCUT2D eigenvalue weighted by Gasteiger charge is -2.53. The van der Waals surface area contributed by atoms with Crippen molar-refractivity contribution >= 4 is 63.7 Å². The third kappa shape index (κ3) is 5.69. The van der Waals surface area contributed by atoms with Crippen LogP contribution in [0.1, 0.15) is 19.2 Å². The van der Waals surface area contributed by atoms with Crippen molar-refractivity contribution < 1.29 is 38.7 Å². The molecule has 3 heterocycles. The minimum atomic E-state index is -1.56. The summed E-state index contributed by atoms with van der Waals surface area (Å²) in [5.41, 5.74) is 3.67. The lowest BCUT2D eigenvalue weighted by molar-refractivity contribution is -0.165. The van der Waals surface area contributed by atoms with Gasteiger partial charge in [0.25, 0.3) is 5.91 Å². The molecule has 2 amide bonds. The van der Waals surface area contributed by atoms with Crippen LogP contribution in [-0.4, -0.2) is 91.5 Å². The molecule has 4 N–H and O–H groups in total. The van der Waals surface area contributed by atoms with Gasteiger partial charge in [0.15, 0.2) is 11.7 Å². The first-order valence-corrected chi connectivity index (χ1v) is 11.7. The highest BCUT2D eigenvalue weighted by Gasteiger charge is 2.58. The molecule has 0 bridgehead atoms. The van der Waals surface area contributed by atoms with Gasteiger partial charge >= 0.3 is 11.9 Å². The number of nitrogen functional groups attached to an aromatic ring is 1. The van der Waals surface area contributed by atoms with Crippen molar-refractivity contribution in [2.45, 2.75) is 24.8 Å². The van der Waals surface area contributed by atoms with E-state index in [2.05, 4.69) is 25.8 Å². The normalized spacial score (nSPS) is 23.4. The van der Waals surface area contributed by atoms with E-state index < -0.39 is 59.4 Å². The van der Waals surface area contributed by atoms with E-state index in [1.807, 2.05) is 0 Å². The number of carboxylic acids is 1. The molecule has 186 valence electrons. The Hall–Kier alpha value is -3.71. The van der Waals surface area contributed by atoms with Gasteiger partial charge < -0.3 is 30.6 Å². The molecule has 35 heavy (non-hydrogen) atoms. The van der Waals surface area contributed by atoms with Crippen LogP contribution < -0.4 is 11.1 Å². The van der Waals surface area contributed by atoms with Gasteiger partial charge in [-0.05, 0) is 6.92 Å². The summed E-state index contributed by atoms with van der Waals surface area (Å²) in [5, 5.41) is 15.5. The van der Waals surface area contributed by atoms with Gasteiger partial charge in [-0.3, -0.25) is 24.0 Å². The largest absolute Gasteiger partial charge is 0.481 e. The van der Waals surface area contributed by atoms with Crippen LogP contribution in [0.15, 0.2) is 5.16 Å². The molecule has 2 saturated heterocycles. The minimum absolute atomic E-state index is 0.00704. The fourth-order valence-corrected chi connectivity index (χ4v) is 5.20. The number of aliphatic carboxylic acids is 1. The zero-order chi connectivity index (χ0) is 25.8. The number of aromatic nitrogens is 2. The average molecular weight is 525 g/mol. The Labute approximate surface area is 206 Å². The first-order valence-electron chi connectivity index (χ1n) is 9.92. The van der Waals surface area contributed by atoms with Gasteiger partial charge in [0.1, 0.15) is 35.6 Å². The van der Waals surface area contributed by atoms with E-state index in [4.69, 9.17) is 21.7 Å². The highest BCUT2D eigenvalue weighted by atomic mass is 32.2. The molecule has 0 aromatic carbocycles. The summed E-state index contributed by atoms with van der Waals surface area (Å²) in [6.07, 6.45) is 4.63. The maximum absolute atomic E-state index is 12.8. The number of amides is 2. The summed E-state index contributed by atoms with van der Waals surface area (Å²) in [6, 6.07) is -0.978. The topological polar surface area (TPSA) is 203 Å². The molecule has 2 fully saturated rings. The summed E-state index contributed by atoms with van der Waals surface area (Å²) in [4.78, 5) is 70.4. The summed E-state index contributed by atoms with van der Waals surface area (Å²) in [7, 11) is 0. The first kappa shape index (κ1) is 25.9. The zero-order valence-corrected chi connectivity index (χ0v) is 19.9. The van der Waals surface area contributed by atoms with Crippen LogP contribution in [-0.2, 0) is 33.5 Å². The number of ketones is 1. The van der Waals surface area contributed by atoms with Gasteiger partial charge in [0.2, 0.25) is 17.4 Å². The number of β-lactam (4-membered cyclic amide) rings is 1. The second-order valence-corrected chi connectivity index (χ2v) is 9.51. The maximum Gasteiger partial charge on any atom is 0.315 e. The molecule has 2 aliphatic rings. The maximum atomic E-state index is 12.8. The molecule has 3 atom stereocenters. The first-order chi connectivity index (χ1) is 16.6. The van der Waals surface area contributed by atoms with E-state index in [-0.39, 0.29) is 35.6 Å². The summed E-state index contributed by atoms with van der Waals surface area (Å²) >= 11 is 1.93. The zero-order valence-electron chi connectivity index (χ0n) is 18.3. The SMILES string of the molecule is C#CCON=C(C(=O)NC1C(=O)N2CC(COC(=O)CC(C)=O)(C(=O)O)CS[C@H]12)c1nsc(N)n1. The van der Waals surface area contributed by atoms with Crippen LogP contribution in [0.3, 0.4) is 0 Å². The van der Waals surface area contributed by atoms with Gasteiger partial charge in [-0.2, -0.15) is 9.36 Å². The predicted molar refractivity (Wildman–Crippen MR) is 122 cm³/mol. The van der Waals surface area contributed by atoms with Crippen molar-refractivity contribution in [2.24, 2.45) is 10.6 Å². The van der Waals surface area contributed by atoms with Gasteiger partial charge in [0.05, 0.1) is 0 Å². The molecule has 16 heteroatoms. The van der Waals surface area contributed by atoms with E-state index in [0.29, 0.717) is 0 Å². The number of hydrogen-bond donors (Lipinski definition) is 3. The molecule has 2 aliphatic heterocycles. The third-order valence-corrected chi connectivity index (χ3v) is 7.09. The molecule has 0 aliphatic carbocycles. The Morgan fingerprint density at radius 2 is 2.17 bits per heavy atom. The number of rotatable bonds is 10. The van der Waals surface area contributed by atoms with Crippen molar-refractivity contribution in [2.75, 3.05) is 31.2 Å². The molecule has 3 rings (SSSR count). The Balaban J connectivity index is 1.67. The quantitative estimate of drug-likeness (QED) is 0.0606. The highest BCUT2D eigenvalue weighted by Crippen LogP contribution is 2.42. The number of nitrogens with zero attached hydrogens (tertiary/aromatic N) is 4. The molecule has 0 spiro atoms. The number of carbonyl (C=O) groups excluding carboxylic acids is 4. The number of carbonyl (C=O) groups is 5. The molecule has 0 saturated carbocycles. The second kappa shape index (κ2) is 10.7. The van der Waals surface area contributed by atoms with Gasteiger partial charge in [-0.25, -0.2) is 0 Å². The number of nitrogens with two attached hydrogens (primary N) is 1. The van der Waals surface area contributed by atoms with Crippen LogP contribution in [0.25, 0.3) is 0 Å². The number of Topliss-reactive ketones (excluding diaryl/α,β-unsaturated/α-hetero) is 1. The lowest BCUT2D eigenvalue weighted by Crippen LogP contribution is -2.74. The van der Waals surface area contributed by atoms with Gasteiger partial charge in [-0.15, -0.1) is 18.2 Å². The minimum Gasteiger partial charge on any atom is -0.481 e. The van der Waals surface area contributed by atoms with Crippen molar-refractivity contribution in [1.82, 2.24) is 19.6 Å². The number of thioether (sulfide) groups is 1. The number of terminal acetylenes is 1. The predicted octanol–water partition coefficient (Wildman–Crippen LogP) is -1.53. The van der Waals surface area contributed by atoms with Crippen LogP contribution >= 0.6 is 23.3 Å². The van der Waals surface area contributed by atoms with Gasteiger partial charge in [-0.1, -0.05) is 11.1 Å². The van der Waals surface area contributed by atoms with E-state index in [0.717, 1.165) is 23.3 Å². The molecule has 1 aromatic rings. The molecule has 14 nitrogen and oxygen atoms in total. The van der Waals surface area contributed by atoms with Crippen molar-refractivity contribution in [3.63, 3.8) is 0 Å². The van der Waals surface area contributed by atoms with Crippen molar-refractivity contribution in [3.8, 4) is 12.3 Å². The van der Waals surface area contributed by atoms with Crippen LogP contribution in [0.4, 0.5) is 5.13 Å². The van der Waals surface area contributed by atoms with E-state index >= 15 is 0 Å². The standard InChI is InChI=1S/C19H20N6O8S2/c1-3-4-33-23-11(13-22-18(20)35-24-13)14(28)21-12-15(29)25-6-19(17(30)31,8-34-16(12)25)7-32-10(27)5-9(2)26/h1,12,16H,4-8H2,2H3,(H,21,28)(H,30,31)(H2,20,22,24)/t12?,16-,19?/m1/s1. The number of ether oxygens (including phenoxy) is 1. The van der Waals surface area contributed by atoms with E-state index in [9.17, 15) is 29.1 Å². The summed E-state index contributed by atoms with van der Waals surface area (Å²) < 4.78 is 8.90. The molecule has 1 aromatic heterocycles. The number of fused-ring (bicyclic) bond motifs is 1. The van der Waals surface area contributed by atoms with Gasteiger partial charge in [0, 0.05) is 23.8 Å². The Morgan fingerprint density at radius 3 is 2.77 bits per heavy atom.